The summed E-state index contributed by atoms with van der Waals surface area (Å²) in [7, 11) is -9.89. The number of aliphatic hydroxyl groups is 1. The van der Waals surface area contributed by atoms with Crippen molar-refractivity contribution in [1.82, 2.24) is 0 Å². The highest BCUT2D eigenvalue weighted by atomic mass is 31.2. The van der Waals surface area contributed by atoms with Crippen molar-refractivity contribution in [2.45, 2.75) is 337 Å². The molecule has 0 amide bonds. The Morgan fingerprint density at radius 1 is 0.329 bits per heavy atom. The van der Waals surface area contributed by atoms with Gasteiger partial charge in [0, 0.05) is 25.7 Å². The Bertz CT molecular complexity index is 1700. The highest BCUT2D eigenvalue weighted by molar-refractivity contribution is 7.47. The number of unbranched alkanes of at least 4 members (excludes halogenated alkanes) is 27. The fraction of sp³-hybridized carbons (Fsp3) is 0.939. The van der Waals surface area contributed by atoms with Crippen LogP contribution in [0.4, 0.5) is 0 Å². The van der Waals surface area contributed by atoms with E-state index in [1.54, 1.807) is 0 Å². The minimum atomic E-state index is -4.95. The summed E-state index contributed by atoms with van der Waals surface area (Å²) in [4.78, 5) is 72.3. The Hall–Kier alpha value is -1.94. The van der Waals surface area contributed by atoms with Crippen LogP contribution in [0.5, 0.6) is 0 Å². The molecule has 7 atom stereocenters. The SMILES string of the molecule is CCC(C)CCCCCCCCCCCCC(=O)O[C@H](COC(=O)CCCCCCCCC(C)C)COP(=O)(O)OC[C@H](O)COP(=O)(O)OC[C@@H](COC(=O)CCCCCCCCCCCC(C)C)OC(=O)CCCCCCCCC(C)CC. The van der Waals surface area contributed by atoms with Gasteiger partial charge in [0.05, 0.1) is 26.4 Å². The molecule has 0 aliphatic heterocycles. The van der Waals surface area contributed by atoms with Gasteiger partial charge in [0.2, 0.25) is 0 Å². The van der Waals surface area contributed by atoms with Gasteiger partial charge in [-0.05, 0) is 49.4 Å². The van der Waals surface area contributed by atoms with Gasteiger partial charge < -0.3 is 33.8 Å². The lowest BCUT2D eigenvalue weighted by molar-refractivity contribution is -0.161. The average molecular weight is 1260 g/mol. The maximum Gasteiger partial charge on any atom is 0.472 e. The first-order valence-electron chi connectivity index (χ1n) is 34.3. The number of hydrogen-bond donors (Lipinski definition) is 3. The van der Waals surface area contributed by atoms with Gasteiger partial charge in [-0.2, -0.15) is 0 Å². The summed E-state index contributed by atoms with van der Waals surface area (Å²) in [6.07, 6.45) is 36.3. The van der Waals surface area contributed by atoms with E-state index in [0.29, 0.717) is 31.6 Å². The lowest BCUT2D eigenvalue weighted by Gasteiger charge is -2.21. The van der Waals surface area contributed by atoms with Gasteiger partial charge in [-0.3, -0.25) is 37.3 Å². The van der Waals surface area contributed by atoms with E-state index >= 15 is 0 Å². The second-order valence-corrected chi connectivity index (χ2v) is 28.2. The number of ether oxygens (including phenoxy) is 4. The Kier molecular flexibility index (Phi) is 54.8. The van der Waals surface area contributed by atoms with E-state index in [9.17, 15) is 43.2 Å². The lowest BCUT2D eigenvalue weighted by atomic mass is 9.99. The number of phosphoric acid groups is 2. The van der Waals surface area contributed by atoms with Crippen molar-refractivity contribution < 1.29 is 80.2 Å². The fourth-order valence-electron chi connectivity index (χ4n) is 9.72. The number of hydrogen-bond acceptors (Lipinski definition) is 15. The molecule has 4 unspecified atom stereocenters. The van der Waals surface area contributed by atoms with Crippen molar-refractivity contribution in [3.8, 4) is 0 Å². The van der Waals surface area contributed by atoms with Crippen molar-refractivity contribution in [3.63, 3.8) is 0 Å². The predicted molar refractivity (Wildman–Crippen MR) is 340 cm³/mol. The first-order chi connectivity index (χ1) is 40.7. The molecule has 0 aliphatic rings. The summed E-state index contributed by atoms with van der Waals surface area (Å²) < 4.78 is 68.1. The quantitative estimate of drug-likeness (QED) is 0.0222. The third-order valence-electron chi connectivity index (χ3n) is 15.8. The molecule has 0 aromatic carbocycles. The summed E-state index contributed by atoms with van der Waals surface area (Å²) in [6.45, 7) is 14.0. The molecule has 0 fully saturated rings. The molecule has 17 nitrogen and oxygen atoms in total. The van der Waals surface area contributed by atoms with E-state index in [2.05, 4.69) is 55.4 Å². The second-order valence-electron chi connectivity index (χ2n) is 25.3. The third kappa shape index (κ3) is 58.2. The summed E-state index contributed by atoms with van der Waals surface area (Å²) in [5.41, 5.74) is 0. The Morgan fingerprint density at radius 3 is 0.835 bits per heavy atom. The van der Waals surface area contributed by atoms with Gasteiger partial charge in [-0.15, -0.1) is 0 Å². The molecule has 0 aromatic rings. The van der Waals surface area contributed by atoms with E-state index in [0.717, 1.165) is 114 Å². The topological polar surface area (TPSA) is 237 Å². The maximum absolute atomic E-state index is 13.0. The van der Waals surface area contributed by atoms with Gasteiger partial charge in [0.25, 0.3) is 0 Å². The molecule has 0 aliphatic carbocycles. The monoisotopic (exact) mass is 1250 g/mol. The summed E-state index contributed by atoms with van der Waals surface area (Å²) in [5, 5.41) is 10.5. The molecule has 0 saturated heterocycles. The van der Waals surface area contributed by atoms with Crippen LogP contribution in [0.1, 0.15) is 319 Å². The molecule has 0 rings (SSSR count). The van der Waals surface area contributed by atoms with Gasteiger partial charge in [-0.25, -0.2) is 9.13 Å². The van der Waals surface area contributed by atoms with Crippen molar-refractivity contribution in [1.29, 1.82) is 0 Å². The Morgan fingerprint density at radius 2 is 0.565 bits per heavy atom. The zero-order chi connectivity index (χ0) is 63.2. The van der Waals surface area contributed by atoms with Gasteiger partial charge >= 0.3 is 39.5 Å². The van der Waals surface area contributed by atoms with E-state index < -0.39 is 97.5 Å². The van der Waals surface area contributed by atoms with Crippen molar-refractivity contribution in [2.75, 3.05) is 39.6 Å². The van der Waals surface area contributed by atoms with Crippen LogP contribution >= 0.6 is 15.6 Å². The molecule has 0 saturated carbocycles. The number of phosphoric ester groups is 2. The third-order valence-corrected chi connectivity index (χ3v) is 17.7. The molecular formula is C66H128O17P2. The van der Waals surface area contributed by atoms with Crippen LogP contribution in [0, 0.1) is 23.7 Å². The highest BCUT2D eigenvalue weighted by Crippen LogP contribution is 2.45. The first-order valence-corrected chi connectivity index (χ1v) is 37.3. The first kappa shape index (κ1) is 83.1. The number of esters is 4. The van der Waals surface area contributed by atoms with Crippen LogP contribution in [0.25, 0.3) is 0 Å². The number of carbonyl (C=O) groups excluding carboxylic acids is 4. The highest BCUT2D eigenvalue weighted by Gasteiger charge is 2.30. The average Bonchev–Trinajstić information content (AvgIpc) is 3.48. The van der Waals surface area contributed by atoms with E-state index in [1.165, 1.54) is 116 Å². The number of rotatable bonds is 63. The molecule has 85 heavy (non-hydrogen) atoms. The smallest absolute Gasteiger partial charge is 0.462 e. The predicted octanol–water partition coefficient (Wildman–Crippen LogP) is 18.1. The fourth-order valence-corrected chi connectivity index (χ4v) is 11.3. The molecule has 0 spiro atoms. The molecule has 19 heteroatoms. The molecular weight excluding hydrogens is 1130 g/mol. The zero-order valence-electron chi connectivity index (χ0n) is 55.2. The number of carbonyl (C=O) groups is 4. The van der Waals surface area contributed by atoms with Crippen LogP contribution in [0.3, 0.4) is 0 Å². The molecule has 504 valence electrons. The van der Waals surface area contributed by atoms with Gasteiger partial charge in [0.15, 0.2) is 12.2 Å². The number of aliphatic hydroxyl groups excluding tert-OH is 1. The molecule has 0 aromatic heterocycles. The lowest BCUT2D eigenvalue weighted by Crippen LogP contribution is -2.30. The maximum atomic E-state index is 13.0. The van der Waals surface area contributed by atoms with Crippen LogP contribution in [-0.2, 0) is 65.4 Å². The van der Waals surface area contributed by atoms with Crippen LogP contribution in [0.15, 0.2) is 0 Å². The van der Waals surface area contributed by atoms with Crippen molar-refractivity contribution in [2.24, 2.45) is 23.7 Å². The molecule has 0 bridgehead atoms. The van der Waals surface area contributed by atoms with Crippen molar-refractivity contribution in [3.05, 3.63) is 0 Å². The standard InChI is InChI=1S/C66H128O17P2/c1-9-58(7)44-36-28-19-15-11-12-16-21-32-40-48-65(70)82-61(53-77-64(69)47-39-31-24-22-27-35-43-57(5)6)54-80-84(72,73)78-50-60(67)51-79-85(74,75)81-55-62(83-66(71)49-41-33-25-23-29-37-45-59(8)10-2)52-76-63(68)46-38-30-20-17-13-14-18-26-34-42-56(3)4/h56-62,67H,9-55H2,1-8H3,(H,72,73)(H,74,75)/t58?,59?,60-,61+,62+/m0/s1. The molecule has 3 N–H and O–H groups in total. The van der Waals surface area contributed by atoms with E-state index in [1.807, 2.05) is 0 Å². The Labute approximate surface area is 517 Å². The summed E-state index contributed by atoms with van der Waals surface area (Å²) >= 11 is 0. The van der Waals surface area contributed by atoms with Crippen LogP contribution in [0.2, 0.25) is 0 Å². The van der Waals surface area contributed by atoms with Crippen molar-refractivity contribution >= 4 is 39.5 Å². The summed E-state index contributed by atoms with van der Waals surface area (Å²) in [5.74, 6) is 0.807. The van der Waals surface area contributed by atoms with Crippen LogP contribution < -0.4 is 0 Å². The van der Waals surface area contributed by atoms with Gasteiger partial charge in [-0.1, -0.05) is 267 Å². The van der Waals surface area contributed by atoms with Gasteiger partial charge in [0.1, 0.15) is 19.3 Å². The summed E-state index contributed by atoms with van der Waals surface area (Å²) in [6, 6.07) is 0. The molecule has 0 radical (unpaired) electrons. The largest absolute Gasteiger partial charge is 0.472 e. The van der Waals surface area contributed by atoms with E-state index in [-0.39, 0.29) is 25.7 Å². The normalized spacial score (nSPS) is 15.0. The minimum Gasteiger partial charge on any atom is -0.462 e. The molecule has 0 heterocycles. The second kappa shape index (κ2) is 56.1. The minimum absolute atomic E-state index is 0.102. The van der Waals surface area contributed by atoms with E-state index in [4.69, 9.17) is 37.0 Å². The Balaban J connectivity index is 5.25. The zero-order valence-corrected chi connectivity index (χ0v) is 57.0. The van der Waals surface area contributed by atoms with Crippen LogP contribution in [-0.4, -0.2) is 96.7 Å².